The average molecular weight is 402 g/mol. The Morgan fingerprint density at radius 2 is 2.05 bits per heavy atom. The molecule has 0 saturated heterocycles. The maximum Gasteiger partial charge on any atom is 0.342 e. The fraction of sp³-hybridized carbons (Fsp3) is 0.588. The number of hydrogen-bond acceptors (Lipinski definition) is 3. The molecule has 1 saturated carbocycles. The maximum absolute atomic E-state index is 12.3. The van der Waals surface area contributed by atoms with Crippen molar-refractivity contribution in [2.24, 2.45) is 0 Å². The molecular weight excluding hydrogens is 379 g/mol. The van der Waals surface area contributed by atoms with Gasteiger partial charge in [0, 0.05) is 3.57 Å². The van der Waals surface area contributed by atoms with Gasteiger partial charge in [-0.25, -0.2) is 4.79 Å². The molecule has 0 aliphatic heterocycles. The van der Waals surface area contributed by atoms with Gasteiger partial charge in [-0.1, -0.05) is 13.8 Å². The van der Waals surface area contributed by atoms with E-state index in [2.05, 4.69) is 36.4 Å². The van der Waals surface area contributed by atoms with E-state index in [1.807, 2.05) is 6.92 Å². The Morgan fingerprint density at radius 3 is 2.62 bits per heavy atom. The molecule has 21 heavy (non-hydrogen) atoms. The molecule has 0 radical (unpaired) electrons. The summed E-state index contributed by atoms with van der Waals surface area (Å²) < 4.78 is 6.65. The summed E-state index contributed by atoms with van der Waals surface area (Å²) in [5.74, 6) is -0.0250. The molecule has 0 heterocycles. The van der Waals surface area contributed by atoms with Crippen LogP contribution in [0.5, 0.6) is 5.75 Å². The minimum Gasteiger partial charge on any atom is -0.507 e. The van der Waals surface area contributed by atoms with Gasteiger partial charge in [0.15, 0.2) is 0 Å². The molecule has 1 fully saturated rings. The molecule has 0 amide bonds. The Kier molecular flexibility index (Phi) is 5.17. The summed E-state index contributed by atoms with van der Waals surface area (Å²) in [7, 11) is 0. The van der Waals surface area contributed by atoms with Crippen molar-refractivity contribution in [1.82, 2.24) is 0 Å². The first-order valence-electron chi connectivity index (χ1n) is 7.62. The van der Waals surface area contributed by atoms with Gasteiger partial charge in [0.05, 0.1) is 0 Å². The summed E-state index contributed by atoms with van der Waals surface area (Å²) in [6.45, 7) is 6.21. The van der Waals surface area contributed by atoms with Gasteiger partial charge in [-0.05, 0) is 85.2 Å². The first-order chi connectivity index (χ1) is 9.86. The molecule has 0 bridgehead atoms. The molecule has 2 rings (SSSR count). The van der Waals surface area contributed by atoms with Crippen LogP contribution in [0.3, 0.4) is 0 Å². The molecule has 3 nitrogen and oxygen atoms in total. The standard InChI is InChI=1S/C17H23IO3/c1-4-11(2)12-10-15(19)13(9-14(12)18)16(20)21-17(3)7-5-6-8-17/h9-11,19H,4-8H2,1-3H3. The lowest BCUT2D eigenvalue weighted by Crippen LogP contribution is -2.28. The van der Waals surface area contributed by atoms with Gasteiger partial charge >= 0.3 is 5.97 Å². The Hall–Kier alpha value is -0.780. The second-order valence-electron chi connectivity index (χ2n) is 6.25. The minimum atomic E-state index is -0.412. The van der Waals surface area contributed by atoms with Crippen LogP contribution in [0.25, 0.3) is 0 Å². The van der Waals surface area contributed by atoms with Crippen LogP contribution in [0.2, 0.25) is 0 Å². The Morgan fingerprint density at radius 1 is 1.43 bits per heavy atom. The number of carbonyl (C=O) groups is 1. The van der Waals surface area contributed by atoms with Crippen LogP contribution in [0.15, 0.2) is 12.1 Å². The maximum atomic E-state index is 12.3. The molecule has 4 heteroatoms. The molecule has 1 aromatic carbocycles. The van der Waals surface area contributed by atoms with Crippen molar-refractivity contribution in [3.8, 4) is 5.75 Å². The zero-order valence-electron chi connectivity index (χ0n) is 12.9. The predicted octanol–water partition coefficient (Wildman–Crippen LogP) is 5.00. The van der Waals surface area contributed by atoms with Gasteiger partial charge in [0.2, 0.25) is 0 Å². The third-order valence-electron chi connectivity index (χ3n) is 4.48. The summed E-state index contributed by atoms with van der Waals surface area (Å²) in [6, 6.07) is 3.46. The number of hydrogen-bond donors (Lipinski definition) is 1. The highest BCUT2D eigenvalue weighted by Gasteiger charge is 2.33. The average Bonchev–Trinajstić information content (AvgIpc) is 2.86. The largest absolute Gasteiger partial charge is 0.507 e. The zero-order chi connectivity index (χ0) is 15.6. The van der Waals surface area contributed by atoms with Crippen molar-refractivity contribution >= 4 is 28.6 Å². The van der Waals surface area contributed by atoms with Crippen LogP contribution in [0, 0.1) is 3.57 Å². The Labute approximate surface area is 140 Å². The number of halogens is 1. The summed E-state index contributed by atoms with van der Waals surface area (Å²) in [5.41, 5.74) is 0.989. The number of esters is 1. The highest BCUT2D eigenvalue weighted by Crippen LogP contribution is 2.35. The van der Waals surface area contributed by atoms with Crippen molar-refractivity contribution in [3.63, 3.8) is 0 Å². The predicted molar refractivity (Wildman–Crippen MR) is 91.8 cm³/mol. The van der Waals surface area contributed by atoms with Gasteiger partial charge in [-0.15, -0.1) is 0 Å². The number of benzene rings is 1. The first-order valence-corrected chi connectivity index (χ1v) is 8.70. The zero-order valence-corrected chi connectivity index (χ0v) is 15.1. The molecule has 0 aromatic heterocycles. The summed E-state index contributed by atoms with van der Waals surface area (Å²) >= 11 is 2.22. The molecule has 0 spiro atoms. The third-order valence-corrected chi connectivity index (χ3v) is 5.41. The lowest BCUT2D eigenvalue weighted by Gasteiger charge is -2.24. The van der Waals surface area contributed by atoms with E-state index in [-0.39, 0.29) is 16.9 Å². The number of phenolic OH excluding ortho intramolecular Hbond substituents is 1. The molecule has 1 aliphatic rings. The molecule has 116 valence electrons. The van der Waals surface area contributed by atoms with E-state index in [4.69, 9.17) is 4.74 Å². The molecule has 1 N–H and O–H groups in total. The molecule has 1 atom stereocenters. The van der Waals surface area contributed by atoms with Crippen LogP contribution >= 0.6 is 22.6 Å². The lowest BCUT2D eigenvalue weighted by molar-refractivity contribution is -0.00634. The molecule has 1 unspecified atom stereocenters. The smallest absolute Gasteiger partial charge is 0.342 e. The van der Waals surface area contributed by atoms with E-state index < -0.39 is 5.97 Å². The van der Waals surface area contributed by atoms with Crippen LogP contribution in [0.1, 0.15) is 74.7 Å². The second kappa shape index (κ2) is 6.55. The highest BCUT2D eigenvalue weighted by atomic mass is 127. The summed E-state index contributed by atoms with van der Waals surface area (Å²) in [5, 5.41) is 10.2. The Balaban J connectivity index is 2.23. The molecular formula is C17H23IO3. The van der Waals surface area contributed by atoms with E-state index in [1.165, 1.54) is 0 Å². The molecule has 1 aromatic rings. The number of phenols is 1. The topological polar surface area (TPSA) is 46.5 Å². The number of aromatic hydroxyl groups is 1. The normalized spacial score (nSPS) is 18.5. The van der Waals surface area contributed by atoms with Gasteiger partial charge in [0.1, 0.15) is 16.9 Å². The number of ether oxygens (including phenoxy) is 1. The van der Waals surface area contributed by atoms with Gasteiger partial charge in [0.25, 0.3) is 0 Å². The van der Waals surface area contributed by atoms with Crippen molar-refractivity contribution in [2.45, 2.75) is 64.4 Å². The second-order valence-corrected chi connectivity index (χ2v) is 7.41. The van der Waals surface area contributed by atoms with E-state index in [0.717, 1.165) is 41.2 Å². The van der Waals surface area contributed by atoms with E-state index in [0.29, 0.717) is 5.92 Å². The van der Waals surface area contributed by atoms with Crippen LogP contribution in [0.4, 0.5) is 0 Å². The van der Waals surface area contributed by atoms with E-state index >= 15 is 0 Å². The quantitative estimate of drug-likeness (QED) is 0.570. The van der Waals surface area contributed by atoms with Gasteiger partial charge < -0.3 is 9.84 Å². The Bertz CT molecular complexity index is 533. The first kappa shape index (κ1) is 16.6. The summed E-state index contributed by atoms with van der Waals surface area (Å²) in [4.78, 5) is 12.3. The highest BCUT2D eigenvalue weighted by molar-refractivity contribution is 14.1. The van der Waals surface area contributed by atoms with Crippen molar-refractivity contribution in [3.05, 3.63) is 26.8 Å². The van der Waals surface area contributed by atoms with Gasteiger partial charge in [-0.2, -0.15) is 0 Å². The minimum absolute atomic E-state index is 0.0253. The van der Waals surface area contributed by atoms with Gasteiger partial charge in [-0.3, -0.25) is 0 Å². The number of rotatable bonds is 4. The van der Waals surface area contributed by atoms with E-state index in [1.54, 1.807) is 12.1 Å². The van der Waals surface area contributed by atoms with Crippen LogP contribution < -0.4 is 0 Å². The van der Waals surface area contributed by atoms with Crippen LogP contribution in [-0.2, 0) is 4.74 Å². The fourth-order valence-electron chi connectivity index (χ4n) is 2.84. The monoisotopic (exact) mass is 402 g/mol. The third kappa shape index (κ3) is 3.71. The van der Waals surface area contributed by atoms with Crippen molar-refractivity contribution < 1.29 is 14.6 Å². The number of carbonyl (C=O) groups excluding carboxylic acids is 1. The molecule has 1 aliphatic carbocycles. The lowest BCUT2D eigenvalue weighted by atomic mass is 9.97. The SMILES string of the molecule is CCC(C)c1cc(O)c(C(=O)OC2(C)CCCC2)cc1I. The van der Waals surface area contributed by atoms with Crippen LogP contribution in [-0.4, -0.2) is 16.7 Å². The van der Waals surface area contributed by atoms with E-state index in [9.17, 15) is 9.90 Å². The summed E-state index contributed by atoms with van der Waals surface area (Å²) in [6.07, 6.45) is 5.00. The van der Waals surface area contributed by atoms with Crippen molar-refractivity contribution in [2.75, 3.05) is 0 Å². The fourth-order valence-corrected chi connectivity index (χ4v) is 3.84. The van der Waals surface area contributed by atoms with Crippen molar-refractivity contribution in [1.29, 1.82) is 0 Å².